The molecule has 1 unspecified atom stereocenters. The number of rotatable bonds is 2. The molecule has 1 radical (unpaired) electrons. The third-order valence-corrected chi connectivity index (χ3v) is 2.37. The second-order valence-electron chi connectivity index (χ2n) is 2.41. The third kappa shape index (κ3) is 2.49. The van der Waals surface area contributed by atoms with Crippen molar-refractivity contribution in [2.24, 2.45) is 0 Å². The molecule has 0 spiro atoms. The number of alkyl halides is 1. The molecule has 0 heterocycles. The Morgan fingerprint density at radius 3 is 2.82 bits per heavy atom. The second kappa shape index (κ2) is 4.13. The van der Waals surface area contributed by atoms with Gasteiger partial charge in [0.15, 0.2) is 0 Å². The molecule has 0 saturated heterocycles. The molecule has 2 heteroatoms. The fraction of sp³-hybridized carbons (Fsp3) is 0.222. The molecule has 0 saturated carbocycles. The number of benzene rings is 1. The van der Waals surface area contributed by atoms with Crippen LogP contribution in [-0.2, 0) is 0 Å². The van der Waals surface area contributed by atoms with Crippen LogP contribution >= 0.6 is 27.5 Å². The third-order valence-electron chi connectivity index (χ3n) is 1.51. The molecule has 0 aromatic heterocycles. The Morgan fingerprint density at radius 1 is 1.55 bits per heavy atom. The summed E-state index contributed by atoms with van der Waals surface area (Å²) >= 11 is 9.05. The zero-order chi connectivity index (χ0) is 8.27. The van der Waals surface area contributed by atoms with Crippen molar-refractivity contribution in [1.82, 2.24) is 0 Å². The minimum Gasteiger partial charge on any atom is -0.126 e. The van der Waals surface area contributed by atoms with Gasteiger partial charge in [-0.2, -0.15) is 0 Å². The topological polar surface area (TPSA) is 0 Å². The fourth-order valence-electron chi connectivity index (χ4n) is 0.850. The summed E-state index contributed by atoms with van der Waals surface area (Å²) in [7, 11) is 0. The van der Waals surface area contributed by atoms with Crippen LogP contribution in [0.2, 0.25) is 0 Å². The zero-order valence-corrected chi connectivity index (χ0v) is 8.40. The highest BCUT2D eigenvalue weighted by atomic mass is 79.9. The molecule has 0 N–H and O–H groups in total. The van der Waals surface area contributed by atoms with Crippen molar-refractivity contribution in [1.29, 1.82) is 0 Å². The van der Waals surface area contributed by atoms with Gasteiger partial charge in [0.25, 0.3) is 0 Å². The van der Waals surface area contributed by atoms with Gasteiger partial charge in [0.2, 0.25) is 0 Å². The summed E-state index contributed by atoms with van der Waals surface area (Å²) in [5.74, 6) is 0.755. The lowest BCUT2D eigenvalue weighted by Crippen LogP contribution is -1.93. The summed E-state index contributed by atoms with van der Waals surface area (Å²) in [6.07, 6.45) is 0. The van der Waals surface area contributed by atoms with E-state index < -0.39 is 0 Å². The fourth-order valence-corrected chi connectivity index (χ4v) is 1.44. The van der Waals surface area contributed by atoms with Crippen molar-refractivity contribution in [3.05, 3.63) is 41.2 Å². The van der Waals surface area contributed by atoms with Crippen LogP contribution < -0.4 is 0 Å². The zero-order valence-electron chi connectivity index (χ0n) is 6.06. The highest BCUT2D eigenvalue weighted by Crippen LogP contribution is 2.19. The van der Waals surface area contributed by atoms with E-state index in [1.54, 1.807) is 0 Å². The van der Waals surface area contributed by atoms with E-state index in [1.807, 2.05) is 24.3 Å². The van der Waals surface area contributed by atoms with Crippen molar-refractivity contribution < 1.29 is 0 Å². The molecule has 59 valence electrons. The first-order valence-electron chi connectivity index (χ1n) is 3.38. The van der Waals surface area contributed by atoms with E-state index in [-0.39, 0.29) is 5.92 Å². The van der Waals surface area contributed by atoms with Crippen molar-refractivity contribution >= 4 is 27.5 Å². The largest absolute Gasteiger partial charge is 0.126 e. The number of halogens is 2. The van der Waals surface area contributed by atoms with Gasteiger partial charge in [-0.1, -0.05) is 28.1 Å². The van der Waals surface area contributed by atoms with Gasteiger partial charge in [-0.15, -0.1) is 11.6 Å². The average Bonchev–Trinajstić information content (AvgIpc) is 2.03. The van der Waals surface area contributed by atoms with Crippen molar-refractivity contribution in [2.45, 2.75) is 5.92 Å². The van der Waals surface area contributed by atoms with Crippen LogP contribution in [0.1, 0.15) is 11.5 Å². The first-order chi connectivity index (χ1) is 5.24. The van der Waals surface area contributed by atoms with Gasteiger partial charge in [0, 0.05) is 10.4 Å². The molecule has 0 amide bonds. The minimum atomic E-state index is 0.189. The summed E-state index contributed by atoms with van der Waals surface area (Å²) in [4.78, 5) is 0. The number of hydrogen-bond donors (Lipinski definition) is 0. The van der Waals surface area contributed by atoms with Crippen LogP contribution in [0.3, 0.4) is 0 Å². The maximum absolute atomic E-state index is 5.66. The average molecular weight is 233 g/mol. The van der Waals surface area contributed by atoms with Crippen LogP contribution in [0.5, 0.6) is 0 Å². The van der Waals surface area contributed by atoms with Crippen molar-refractivity contribution in [3.63, 3.8) is 0 Å². The molecule has 0 aliphatic rings. The number of hydrogen-bond acceptors (Lipinski definition) is 0. The van der Waals surface area contributed by atoms with Crippen molar-refractivity contribution in [2.75, 3.05) is 5.88 Å². The molecule has 0 aliphatic carbocycles. The SMILES string of the molecule is [CH2]C(CCl)c1cccc(Br)c1. The lowest BCUT2D eigenvalue weighted by Gasteiger charge is -2.06. The first-order valence-corrected chi connectivity index (χ1v) is 4.71. The highest BCUT2D eigenvalue weighted by molar-refractivity contribution is 9.10. The van der Waals surface area contributed by atoms with E-state index in [0.29, 0.717) is 5.88 Å². The quantitative estimate of drug-likeness (QED) is 0.684. The van der Waals surface area contributed by atoms with Gasteiger partial charge in [-0.05, 0) is 30.5 Å². The van der Waals surface area contributed by atoms with Crippen LogP contribution in [0, 0.1) is 6.92 Å². The van der Waals surface area contributed by atoms with E-state index in [9.17, 15) is 0 Å². The molecular formula is C9H9BrCl. The standard InChI is InChI=1S/C9H9BrCl/c1-7(6-11)8-3-2-4-9(10)5-8/h2-5,7H,1,6H2. The molecule has 11 heavy (non-hydrogen) atoms. The molecular weight excluding hydrogens is 223 g/mol. The summed E-state index contributed by atoms with van der Waals surface area (Å²) in [5.41, 5.74) is 1.18. The summed E-state index contributed by atoms with van der Waals surface area (Å²) in [6.45, 7) is 3.92. The van der Waals surface area contributed by atoms with E-state index >= 15 is 0 Å². The van der Waals surface area contributed by atoms with E-state index in [4.69, 9.17) is 11.6 Å². The Bertz CT molecular complexity index is 235. The lowest BCUT2D eigenvalue weighted by molar-refractivity contribution is 0.972. The van der Waals surface area contributed by atoms with Gasteiger partial charge in [0.05, 0.1) is 0 Å². The molecule has 1 rings (SSSR count). The predicted octanol–water partition coefficient (Wildman–Crippen LogP) is 3.61. The second-order valence-corrected chi connectivity index (χ2v) is 3.63. The molecule has 1 aromatic rings. The molecule has 0 bridgehead atoms. The summed E-state index contributed by atoms with van der Waals surface area (Å²) < 4.78 is 1.08. The van der Waals surface area contributed by atoms with E-state index in [2.05, 4.69) is 22.9 Å². The highest BCUT2D eigenvalue weighted by Gasteiger charge is 2.02. The van der Waals surface area contributed by atoms with Gasteiger partial charge in [-0.25, -0.2) is 0 Å². The van der Waals surface area contributed by atoms with Crippen LogP contribution in [0.4, 0.5) is 0 Å². The molecule has 0 aliphatic heterocycles. The van der Waals surface area contributed by atoms with Gasteiger partial charge < -0.3 is 0 Å². The van der Waals surface area contributed by atoms with E-state index in [0.717, 1.165) is 4.47 Å². The smallest absolute Gasteiger partial charge is 0.0292 e. The van der Waals surface area contributed by atoms with Crippen LogP contribution in [0.15, 0.2) is 28.7 Å². The Balaban J connectivity index is 2.86. The molecule has 0 nitrogen and oxygen atoms in total. The first kappa shape index (κ1) is 9.08. The van der Waals surface area contributed by atoms with Crippen LogP contribution in [-0.4, -0.2) is 5.88 Å². The summed E-state index contributed by atoms with van der Waals surface area (Å²) in [6, 6.07) is 8.06. The maximum Gasteiger partial charge on any atom is 0.0292 e. The van der Waals surface area contributed by atoms with Gasteiger partial charge >= 0.3 is 0 Å². The van der Waals surface area contributed by atoms with Gasteiger partial charge in [-0.3, -0.25) is 0 Å². The van der Waals surface area contributed by atoms with Crippen LogP contribution in [0.25, 0.3) is 0 Å². The Labute approximate surface area is 80.7 Å². The van der Waals surface area contributed by atoms with Crippen molar-refractivity contribution in [3.8, 4) is 0 Å². The van der Waals surface area contributed by atoms with E-state index in [1.165, 1.54) is 5.56 Å². The monoisotopic (exact) mass is 231 g/mol. The molecule has 0 fully saturated rings. The predicted molar refractivity (Wildman–Crippen MR) is 53.0 cm³/mol. The Kier molecular flexibility index (Phi) is 3.41. The lowest BCUT2D eigenvalue weighted by atomic mass is 10.0. The Morgan fingerprint density at radius 2 is 2.27 bits per heavy atom. The minimum absolute atomic E-state index is 0.189. The maximum atomic E-state index is 5.66. The van der Waals surface area contributed by atoms with Gasteiger partial charge in [0.1, 0.15) is 0 Å². The molecule has 1 aromatic carbocycles. The summed E-state index contributed by atoms with van der Waals surface area (Å²) in [5, 5.41) is 0. The normalized spacial score (nSPS) is 13.0. The molecule has 1 atom stereocenters. The Hall–Kier alpha value is -0.0100.